The predicted molar refractivity (Wildman–Crippen MR) is 127 cm³/mol. The minimum absolute atomic E-state index is 0. The number of aliphatic imine (C=N–C) groups is 1. The van der Waals surface area contributed by atoms with Gasteiger partial charge in [-0.1, -0.05) is 29.8 Å². The van der Waals surface area contributed by atoms with Crippen LogP contribution in [0.3, 0.4) is 0 Å². The molecule has 0 saturated heterocycles. The Hall–Kier alpha value is -0.880. The summed E-state index contributed by atoms with van der Waals surface area (Å²) in [5.74, 6) is 0.247. The molecule has 1 aromatic heterocycles. The number of guanidine groups is 1. The summed E-state index contributed by atoms with van der Waals surface area (Å²) < 4.78 is 24.7. The Morgan fingerprint density at radius 2 is 2.00 bits per heavy atom. The van der Waals surface area contributed by atoms with Gasteiger partial charge in [0.05, 0.1) is 18.4 Å². The fourth-order valence-corrected chi connectivity index (χ4v) is 5.02. The van der Waals surface area contributed by atoms with E-state index in [1.165, 1.54) is 0 Å². The van der Waals surface area contributed by atoms with Gasteiger partial charge in [-0.3, -0.25) is 4.99 Å². The minimum Gasteiger partial charge on any atom is -0.390 e. The van der Waals surface area contributed by atoms with Gasteiger partial charge in [0.1, 0.15) is 4.21 Å². The highest BCUT2D eigenvalue weighted by molar-refractivity contribution is 14.0. The van der Waals surface area contributed by atoms with Crippen molar-refractivity contribution >= 4 is 62.7 Å². The molecule has 0 bridgehead atoms. The lowest BCUT2D eigenvalue weighted by atomic mass is 10.2. The van der Waals surface area contributed by atoms with E-state index in [1.54, 1.807) is 17.5 Å². The Balaban J connectivity index is 0.00000392. The molecule has 0 aliphatic carbocycles. The number of hydrogen-bond acceptors (Lipinski definition) is 5. The Kier molecular flexibility index (Phi) is 10.7. The van der Waals surface area contributed by atoms with Crippen molar-refractivity contribution < 1.29 is 13.5 Å². The molecular formula is C18H25ClIN3O3S2. The van der Waals surface area contributed by atoms with Crippen LogP contribution in [0.25, 0.3) is 0 Å². The fraction of sp³-hybridized carbons (Fsp3) is 0.389. The fourth-order valence-electron chi connectivity index (χ4n) is 2.43. The van der Waals surface area contributed by atoms with E-state index in [0.29, 0.717) is 24.1 Å². The van der Waals surface area contributed by atoms with Crippen molar-refractivity contribution in [1.82, 2.24) is 10.2 Å². The molecule has 2 N–H and O–H groups in total. The van der Waals surface area contributed by atoms with Crippen molar-refractivity contribution in [3.8, 4) is 0 Å². The van der Waals surface area contributed by atoms with Crippen LogP contribution in [-0.4, -0.2) is 56.4 Å². The molecule has 0 saturated carbocycles. The molecule has 0 fully saturated rings. The molecule has 0 aliphatic rings. The topological polar surface area (TPSA) is 82.0 Å². The van der Waals surface area contributed by atoms with Crippen LogP contribution in [0.4, 0.5) is 0 Å². The number of aliphatic hydroxyl groups excluding tert-OH is 1. The maximum Gasteiger partial charge on any atom is 0.194 e. The molecule has 1 unspecified atom stereocenters. The maximum atomic E-state index is 12.2. The first-order valence-electron chi connectivity index (χ1n) is 8.50. The zero-order chi connectivity index (χ0) is 19.9. The molecule has 10 heteroatoms. The number of halogens is 2. The highest BCUT2D eigenvalue weighted by atomic mass is 127. The summed E-state index contributed by atoms with van der Waals surface area (Å²) in [6, 6.07) is 10.7. The van der Waals surface area contributed by atoms with E-state index in [1.807, 2.05) is 43.1 Å². The summed E-state index contributed by atoms with van der Waals surface area (Å²) in [6.45, 7) is 3.21. The lowest BCUT2D eigenvalue weighted by Gasteiger charge is -2.22. The third kappa shape index (κ3) is 7.86. The van der Waals surface area contributed by atoms with Gasteiger partial charge in [-0.15, -0.1) is 35.3 Å². The predicted octanol–water partition coefficient (Wildman–Crippen LogP) is 3.25. The average molecular weight is 558 g/mol. The van der Waals surface area contributed by atoms with Crippen LogP contribution in [0.5, 0.6) is 0 Å². The number of sulfone groups is 1. The Morgan fingerprint density at radius 1 is 1.32 bits per heavy atom. The van der Waals surface area contributed by atoms with E-state index in [0.717, 1.165) is 16.9 Å². The number of nitrogens with zero attached hydrogens (tertiary/aromatic N) is 2. The van der Waals surface area contributed by atoms with Gasteiger partial charge in [0.2, 0.25) is 0 Å². The summed E-state index contributed by atoms with van der Waals surface area (Å²) in [5, 5.41) is 15.7. The molecule has 1 aromatic carbocycles. The average Bonchev–Trinajstić information content (AvgIpc) is 3.16. The first-order chi connectivity index (χ1) is 12.8. The van der Waals surface area contributed by atoms with Crippen molar-refractivity contribution in [3.63, 3.8) is 0 Å². The highest BCUT2D eigenvalue weighted by Gasteiger charge is 2.21. The third-order valence-electron chi connectivity index (χ3n) is 3.69. The molecule has 0 aliphatic heterocycles. The number of aliphatic hydroxyl groups is 1. The Bertz CT molecular complexity index is 843. The van der Waals surface area contributed by atoms with Crippen LogP contribution >= 0.6 is 46.9 Å². The molecule has 2 rings (SSSR count). The molecule has 0 spiro atoms. The van der Waals surface area contributed by atoms with Crippen LogP contribution in [0.1, 0.15) is 12.5 Å². The van der Waals surface area contributed by atoms with Crippen molar-refractivity contribution in [2.75, 3.05) is 25.9 Å². The zero-order valence-corrected chi connectivity index (χ0v) is 20.4. The van der Waals surface area contributed by atoms with E-state index in [2.05, 4.69) is 10.3 Å². The first-order valence-corrected chi connectivity index (χ1v) is 11.4. The number of thiophene rings is 1. The van der Waals surface area contributed by atoms with E-state index < -0.39 is 15.9 Å². The lowest BCUT2D eigenvalue weighted by Crippen LogP contribution is -2.39. The first kappa shape index (κ1) is 25.2. The van der Waals surface area contributed by atoms with Gasteiger partial charge in [-0.2, -0.15) is 0 Å². The summed E-state index contributed by atoms with van der Waals surface area (Å²) in [4.78, 5) is 6.30. The zero-order valence-electron chi connectivity index (χ0n) is 15.7. The number of benzene rings is 1. The molecule has 6 nitrogen and oxygen atoms in total. The van der Waals surface area contributed by atoms with Crippen molar-refractivity contribution in [3.05, 3.63) is 52.4 Å². The van der Waals surface area contributed by atoms with Gasteiger partial charge in [0.25, 0.3) is 0 Å². The minimum atomic E-state index is -3.50. The van der Waals surface area contributed by atoms with Gasteiger partial charge >= 0.3 is 0 Å². The SMILES string of the molecule is CCNC(=NCC(O)CS(=O)(=O)c1cccs1)N(C)Cc1ccc(Cl)cc1.I. The number of rotatable bonds is 8. The molecule has 0 radical (unpaired) electrons. The smallest absolute Gasteiger partial charge is 0.194 e. The second-order valence-electron chi connectivity index (χ2n) is 6.04. The van der Waals surface area contributed by atoms with Gasteiger partial charge in [-0.25, -0.2) is 8.42 Å². The maximum absolute atomic E-state index is 12.2. The van der Waals surface area contributed by atoms with E-state index in [9.17, 15) is 13.5 Å². The summed E-state index contributed by atoms with van der Waals surface area (Å²) in [6.07, 6.45) is -1.07. The van der Waals surface area contributed by atoms with E-state index >= 15 is 0 Å². The van der Waals surface area contributed by atoms with Gasteiger partial charge < -0.3 is 15.3 Å². The lowest BCUT2D eigenvalue weighted by molar-refractivity contribution is 0.205. The van der Waals surface area contributed by atoms with Crippen LogP contribution in [-0.2, 0) is 16.4 Å². The molecule has 2 aromatic rings. The van der Waals surface area contributed by atoms with Gasteiger partial charge in [-0.05, 0) is 36.1 Å². The van der Waals surface area contributed by atoms with Crippen LogP contribution in [0.15, 0.2) is 51.0 Å². The standard InChI is InChI=1S/C18H24ClN3O3S2.HI/c1-3-20-18(22(2)12-14-6-8-15(19)9-7-14)21-11-16(23)13-27(24,25)17-5-4-10-26-17;/h4-10,16,23H,3,11-13H2,1-2H3,(H,20,21);1H. The van der Waals surface area contributed by atoms with Crippen LogP contribution < -0.4 is 5.32 Å². The molecule has 0 amide bonds. The van der Waals surface area contributed by atoms with Gasteiger partial charge in [0.15, 0.2) is 15.8 Å². The highest BCUT2D eigenvalue weighted by Crippen LogP contribution is 2.18. The van der Waals surface area contributed by atoms with E-state index in [4.69, 9.17) is 11.6 Å². The monoisotopic (exact) mass is 557 g/mol. The number of hydrogen-bond donors (Lipinski definition) is 2. The summed E-state index contributed by atoms with van der Waals surface area (Å²) in [5.41, 5.74) is 1.06. The second-order valence-corrected chi connectivity index (χ2v) is 9.69. The van der Waals surface area contributed by atoms with Crippen molar-refractivity contribution in [2.24, 2.45) is 4.99 Å². The second kappa shape index (κ2) is 12.0. The van der Waals surface area contributed by atoms with Crippen LogP contribution in [0.2, 0.25) is 5.02 Å². The summed E-state index contributed by atoms with van der Waals surface area (Å²) >= 11 is 7.06. The van der Waals surface area contributed by atoms with Crippen molar-refractivity contribution in [1.29, 1.82) is 0 Å². The molecular weight excluding hydrogens is 533 g/mol. The molecule has 156 valence electrons. The third-order valence-corrected chi connectivity index (χ3v) is 7.23. The van der Waals surface area contributed by atoms with Crippen molar-refractivity contribution in [2.45, 2.75) is 23.8 Å². The Morgan fingerprint density at radius 3 is 2.57 bits per heavy atom. The molecule has 1 heterocycles. The van der Waals surface area contributed by atoms with E-state index in [-0.39, 0.29) is 40.5 Å². The molecule has 28 heavy (non-hydrogen) atoms. The van der Waals surface area contributed by atoms with Gasteiger partial charge in [0, 0.05) is 25.2 Å². The van der Waals surface area contributed by atoms with Crippen LogP contribution in [0, 0.1) is 0 Å². The largest absolute Gasteiger partial charge is 0.390 e. The normalized spacial score (nSPS) is 12.9. The quantitative estimate of drug-likeness (QED) is 0.296. The number of nitrogens with one attached hydrogen (secondary N) is 1. The molecule has 1 atom stereocenters. The Labute approximate surface area is 192 Å². The summed E-state index contributed by atoms with van der Waals surface area (Å²) in [7, 11) is -1.62.